The predicted molar refractivity (Wildman–Crippen MR) is 69.2 cm³/mol. The van der Waals surface area contributed by atoms with Crippen molar-refractivity contribution in [1.82, 2.24) is 9.71 Å². The molecule has 1 aromatic heterocycles. The lowest BCUT2D eigenvalue weighted by Gasteiger charge is -2.07. The number of nitrogens with one attached hydrogen (secondary N) is 2. The van der Waals surface area contributed by atoms with E-state index in [0.717, 1.165) is 12.3 Å². The molecule has 2 aromatic rings. The highest BCUT2D eigenvalue weighted by Gasteiger charge is 2.14. The second-order valence-electron chi connectivity index (χ2n) is 3.84. The number of benzene rings is 1. The lowest BCUT2D eigenvalue weighted by atomic mass is 10.2. The van der Waals surface area contributed by atoms with Crippen molar-refractivity contribution in [2.75, 3.05) is 0 Å². The van der Waals surface area contributed by atoms with Gasteiger partial charge in [0.1, 0.15) is 5.75 Å². The van der Waals surface area contributed by atoms with E-state index in [1.807, 2.05) is 0 Å². The minimum Gasteiger partial charge on any atom is -0.508 e. The molecule has 6 nitrogen and oxygen atoms in total. The van der Waals surface area contributed by atoms with Crippen molar-refractivity contribution in [2.24, 2.45) is 0 Å². The second-order valence-corrected chi connectivity index (χ2v) is 5.61. The number of hydrogen-bond acceptors (Lipinski definition) is 4. The summed E-state index contributed by atoms with van der Waals surface area (Å²) < 4.78 is 26.2. The largest absolute Gasteiger partial charge is 0.508 e. The van der Waals surface area contributed by atoms with E-state index < -0.39 is 10.0 Å². The quantitative estimate of drug-likeness (QED) is 0.762. The number of aromatic amines is 1. The number of H-pyrrole nitrogens is 1. The van der Waals surface area contributed by atoms with Gasteiger partial charge in [-0.3, -0.25) is 4.79 Å². The van der Waals surface area contributed by atoms with Gasteiger partial charge in [0.25, 0.3) is 0 Å². The molecule has 0 aliphatic carbocycles. The summed E-state index contributed by atoms with van der Waals surface area (Å²) >= 11 is 0. The molecule has 0 saturated carbocycles. The molecular weight excluding hydrogens is 268 g/mol. The number of rotatable bonds is 4. The fourth-order valence-corrected chi connectivity index (χ4v) is 2.45. The normalized spacial score (nSPS) is 11.4. The van der Waals surface area contributed by atoms with E-state index in [0.29, 0.717) is 5.56 Å². The van der Waals surface area contributed by atoms with Crippen LogP contribution in [0.15, 0.2) is 52.3 Å². The summed E-state index contributed by atoms with van der Waals surface area (Å²) in [7, 11) is -3.72. The molecule has 0 atom stereocenters. The summed E-state index contributed by atoms with van der Waals surface area (Å²) in [6.45, 7) is -0.0336. The molecule has 0 saturated heterocycles. The molecule has 0 aliphatic rings. The van der Waals surface area contributed by atoms with Gasteiger partial charge in [0, 0.05) is 24.4 Å². The van der Waals surface area contributed by atoms with Gasteiger partial charge in [-0.25, -0.2) is 13.1 Å². The van der Waals surface area contributed by atoms with Crippen LogP contribution in [0.4, 0.5) is 0 Å². The zero-order valence-corrected chi connectivity index (χ0v) is 10.6. The molecule has 0 amide bonds. The van der Waals surface area contributed by atoms with Crippen LogP contribution < -0.4 is 10.3 Å². The van der Waals surface area contributed by atoms with E-state index in [-0.39, 0.29) is 22.7 Å². The van der Waals surface area contributed by atoms with Crippen molar-refractivity contribution >= 4 is 10.0 Å². The van der Waals surface area contributed by atoms with Crippen LogP contribution in [0.3, 0.4) is 0 Å². The van der Waals surface area contributed by atoms with E-state index >= 15 is 0 Å². The maximum Gasteiger partial charge on any atom is 0.247 e. The molecule has 3 N–H and O–H groups in total. The first-order valence-electron chi connectivity index (χ1n) is 5.44. The Morgan fingerprint density at radius 3 is 2.53 bits per heavy atom. The average molecular weight is 280 g/mol. The number of phenolic OH excluding ortho intramolecular Hbond substituents is 1. The van der Waals surface area contributed by atoms with Gasteiger partial charge in [0.05, 0.1) is 4.90 Å². The molecule has 7 heteroatoms. The second kappa shape index (κ2) is 5.25. The molecule has 0 spiro atoms. The zero-order valence-electron chi connectivity index (χ0n) is 9.83. The van der Waals surface area contributed by atoms with Crippen molar-refractivity contribution < 1.29 is 13.5 Å². The molecule has 19 heavy (non-hydrogen) atoms. The molecule has 2 rings (SSSR count). The third kappa shape index (κ3) is 3.21. The van der Waals surface area contributed by atoms with Gasteiger partial charge < -0.3 is 10.1 Å². The van der Waals surface area contributed by atoms with Crippen molar-refractivity contribution in [3.63, 3.8) is 0 Å². The zero-order chi connectivity index (χ0) is 13.9. The molecule has 1 aromatic carbocycles. The Morgan fingerprint density at radius 1 is 1.16 bits per heavy atom. The Kier molecular flexibility index (Phi) is 3.68. The third-order valence-corrected chi connectivity index (χ3v) is 3.91. The average Bonchev–Trinajstić information content (AvgIpc) is 2.38. The van der Waals surface area contributed by atoms with Gasteiger partial charge in [-0.05, 0) is 12.1 Å². The first-order chi connectivity index (χ1) is 8.99. The van der Waals surface area contributed by atoms with Gasteiger partial charge in [0.15, 0.2) is 0 Å². The van der Waals surface area contributed by atoms with Crippen LogP contribution in [-0.4, -0.2) is 18.5 Å². The van der Waals surface area contributed by atoms with Gasteiger partial charge in [-0.1, -0.05) is 18.2 Å². The van der Waals surface area contributed by atoms with Crippen molar-refractivity contribution in [3.8, 4) is 5.75 Å². The van der Waals surface area contributed by atoms with E-state index in [1.54, 1.807) is 18.2 Å². The summed E-state index contributed by atoms with van der Waals surface area (Å²) in [6, 6.07) is 8.79. The molecule has 1 heterocycles. The highest BCUT2D eigenvalue weighted by atomic mass is 32.2. The van der Waals surface area contributed by atoms with Crippen LogP contribution in [0.25, 0.3) is 0 Å². The standard InChI is InChI=1S/C12H12N2O4S/c15-11-4-2-1-3-9(11)7-14-19(17,18)10-5-6-12(16)13-8-10/h1-6,8,14-15H,7H2,(H,13,16). The number of aromatic nitrogens is 1. The van der Waals surface area contributed by atoms with Crippen LogP contribution in [0.5, 0.6) is 5.75 Å². The number of aromatic hydroxyl groups is 1. The third-order valence-electron chi connectivity index (χ3n) is 2.51. The number of sulfonamides is 1. The Morgan fingerprint density at radius 2 is 1.89 bits per heavy atom. The van der Waals surface area contributed by atoms with Crippen LogP contribution in [0.2, 0.25) is 0 Å². The van der Waals surface area contributed by atoms with Crippen LogP contribution in [-0.2, 0) is 16.6 Å². The summed E-state index contributed by atoms with van der Waals surface area (Å²) in [4.78, 5) is 13.1. The number of para-hydroxylation sites is 1. The highest BCUT2D eigenvalue weighted by Crippen LogP contribution is 2.16. The smallest absolute Gasteiger partial charge is 0.247 e. The topological polar surface area (TPSA) is 99.3 Å². The van der Waals surface area contributed by atoms with Crippen LogP contribution >= 0.6 is 0 Å². The van der Waals surface area contributed by atoms with Crippen molar-refractivity contribution in [1.29, 1.82) is 0 Å². The molecule has 0 fully saturated rings. The molecule has 0 radical (unpaired) electrons. The minimum atomic E-state index is -3.72. The fourth-order valence-electron chi connectivity index (χ4n) is 1.48. The van der Waals surface area contributed by atoms with E-state index in [9.17, 15) is 18.3 Å². The Balaban J connectivity index is 2.17. The Hall–Kier alpha value is -2.12. The first kappa shape index (κ1) is 13.3. The maximum atomic E-state index is 11.9. The van der Waals surface area contributed by atoms with Gasteiger partial charge in [0.2, 0.25) is 15.6 Å². The van der Waals surface area contributed by atoms with Crippen LogP contribution in [0, 0.1) is 0 Å². The van der Waals surface area contributed by atoms with Gasteiger partial charge >= 0.3 is 0 Å². The lowest BCUT2D eigenvalue weighted by Crippen LogP contribution is -2.24. The molecule has 0 unspecified atom stereocenters. The Bertz CT molecular complexity index is 717. The van der Waals surface area contributed by atoms with E-state index in [2.05, 4.69) is 9.71 Å². The van der Waals surface area contributed by atoms with Crippen molar-refractivity contribution in [3.05, 3.63) is 58.5 Å². The summed E-state index contributed by atoms with van der Waals surface area (Å²) in [6.07, 6.45) is 1.12. The minimum absolute atomic E-state index is 0.0201. The maximum absolute atomic E-state index is 11.9. The number of pyridine rings is 1. The number of hydrogen-bond donors (Lipinski definition) is 3. The fraction of sp³-hybridized carbons (Fsp3) is 0.0833. The monoisotopic (exact) mass is 280 g/mol. The molecular formula is C12H12N2O4S. The molecule has 0 bridgehead atoms. The summed E-state index contributed by atoms with van der Waals surface area (Å²) in [5.74, 6) is 0.0201. The predicted octanol–water partition coefficient (Wildman–Crippen LogP) is 0.559. The summed E-state index contributed by atoms with van der Waals surface area (Å²) in [5, 5.41) is 9.53. The van der Waals surface area contributed by atoms with Gasteiger partial charge in [-0.15, -0.1) is 0 Å². The van der Waals surface area contributed by atoms with E-state index in [1.165, 1.54) is 12.1 Å². The molecule has 100 valence electrons. The molecule has 0 aliphatic heterocycles. The summed E-state index contributed by atoms with van der Waals surface area (Å²) in [5.41, 5.74) is 0.0927. The van der Waals surface area contributed by atoms with Gasteiger partial charge in [-0.2, -0.15) is 0 Å². The number of phenols is 1. The van der Waals surface area contributed by atoms with Crippen LogP contribution in [0.1, 0.15) is 5.56 Å². The Labute approximate surface area is 109 Å². The highest BCUT2D eigenvalue weighted by molar-refractivity contribution is 7.89. The first-order valence-corrected chi connectivity index (χ1v) is 6.92. The lowest BCUT2D eigenvalue weighted by molar-refractivity contribution is 0.467. The van der Waals surface area contributed by atoms with Crippen molar-refractivity contribution in [2.45, 2.75) is 11.4 Å². The SMILES string of the molecule is O=c1ccc(S(=O)(=O)NCc2ccccc2O)c[nH]1. The van der Waals surface area contributed by atoms with E-state index in [4.69, 9.17) is 0 Å².